The molecule has 1 aliphatic carbocycles. The Morgan fingerprint density at radius 1 is 1.00 bits per heavy atom. The number of fused-ring (bicyclic) bond motifs is 1. The molecule has 1 saturated carbocycles. The molecule has 3 amide bonds. The Morgan fingerprint density at radius 3 is 2.37 bits per heavy atom. The number of nitrogens with two attached hydrogens (primary N) is 1. The van der Waals surface area contributed by atoms with Gasteiger partial charge in [0.05, 0.1) is 6.42 Å². The second-order valence-electron chi connectivity index (χ2n) is 13.1. The molecule has 46 heavy (non-hydrogen) atoms. The van der Waals surface area contributed by atoms with Gasteiger partial charge in [0, 0.05) is 51.8 Å². The number of anilines is 2. The lowest BCUT2D eigenvalue weighted by Gasteiger charge is -2.28. The third-order valence-electron chi connectivity index (χ3n) is 9.18. The van der Waals surface area contributed by atoms with Crippen LogP contribution in [0.3, 0.4) is 0 Å². The van der Waals surface area contributed by atoms with Crippen LogP contribution in [0.15, 0.2) is 54.6 Å². The van der Waals surface area contributed by atoms with Gasteiger partial charge < -0.3 is 21.7 Å². The van der Waals surface area contributed by atoms with Crippen LogP contribution in [0.25, 0.3) is 11.1 Å². The number of carbonyl (C=O) groups is 4. The lowest BCUT2D eigenvalue weighted by Crippen LogP contribution is -2.31. The number of amides is 3. The summed E-state index contributed by atoms with van der Waals surface area (Å²) < 4.78 is 0. The van der Waals surface area contributed by atoms with Crippen molar-refractivity contribution >= 4 is 46.5 Å². The maximum Gasteiger partial charge on any atom is 0.251 e. The van der Waals surface area contributed by atoms with Crippen LogP contribution in [0, 0.1) is 24.7 Å². The van der Waals surface area contributed by atoms with E-state index in [0.717, 1.165) is 47.9 Å². The fourth-order valence-electron chi connectivity index (χ4n) is 6.57. The van der Waals surface area contributed by atoms with Gasteiger partial charge in [0.2, 0.25) is 11.8 Å². The highest BCUT2D eigenvalue weighted by Gasteiger charge is 2.30. The maximum absolute atomic E-state index is 13.8. The highest BCUT2D eigenvalue weighted by Crippen LogP contribution is 2.35. The van der Waals surface area contributed by atoms with E-state index < -0.39 is 5.92 Å². The summed E-state index contributed by atoms with van der Waals surface area (Å²) in [5, 5.41) is 9.09. The van der Waals surface area contributed by atoms with Crippen LogP contribution >= 0.6 is 11.6 Å². The van der Waals surface area contributed by atoms with Gasteiger partial charge in [-0.2, -0.15) is 0 Å². The van der Waals surface area contributed by atoms with Crippen molar-refractivity contribution in [3.8, 4) is 11.1 Å². The molecule has 1 heterocycles. The van der Waals surface area contributed by atoms with Crippen LogP contribution in [0.1, 0.15) is 73.0 Å². The van der Waals surface area contributed by atoms with E-state index in [1.54, 1.807) is 12.1 Å². The summed E-state index contributed by atoms with van der Waals surface area (Å²) in [6, 6.07) is 17.1. The SMILES string of the molecule is Cc1cc(C(=O)NC(C)C)ccc1-c1ccc(C[C@H](CC(=O)C2CCC(CN)CC2)C(=O)Nc2cc(Cl)c3c(c2)NC(=O)C3)cc1. The molecule has 5 rings (SSSR count). The fraction of sp³-hybridized carbons (Fsp3) is 0.405. The standard InChI is InChI=1S/C37H43ClN4O4/c1-21(2)40-36(45)27-12-13-30(22(3)14-27)25-8-4-23(5-9-25)15-28(16-34(43)26-10-6-24(20-39)7-11-26)37(46)41-29-17-32(38)31-19-35(44)42-33(31)18-29/h4-5,8-9,12-14,17-18,21,24,26,28H,6-7,10-11,15-16,19-20,39H2,1-3H3,(H,40,45)(H,41,46)(H,42,44)/t24?,26?,28-/m1/s1. The number of aryl methyl sites for hydroxylation is 1. The topological polar surface area (TPSA) is 130 Å². The molecular weight excluding hydrogens is 600 g/mol. The number of carbonyl (C=O) groups excluding carboxylic acids is 4. The van der Waals surface area contributed by atoms with Crippen molar-refractivity contribution in [2.24, 2.45) is 23.5 Å². The van der Waals surface area contributed by atoms with Gasteiger partial charge in [-0.25, -0.2) is 0 Å². The smallest absolute Gasteiger partial charge is 0.251 e. The van der Waals surface area contributed by atoms with Crippen molar-refractivity contribution in [1.29, 1.82) is 0 Å². The molecule has 0 aromatic heterocycles. The average Bonchev–Trinajstić information content (AvgIpc) is 3.41. The van der Waals surface area contributed by atoms with E-state index in [1.807, 2.05) is 63.2 Å². The molecule has 0 radical (unpaired) electrons. The molecule has 1 atom stereocenters. The average molecular weight is 643 g/mol. The summed E-state index contributed by atoms with van der Waals surface area (Å²) in [6.45, 7) is 6.49. The number of benzene rings is 3. The van der Waals surface area contributed by atoms with Gasteiger partial charge in [-0.05, 0) is 112 Å². The minimum Gasteiger partial charge on any atom is -0.350 e. The summed E-state index contributed by atoms with van der Waals surface area (Å²) >= 11 is 6.44. The molecule has 9 heteroatoms. The lowest BCUT2D eigenvalue weighted by molar-refractivity contribution is -0.129. The first-order chi connectivity index (χ1) is 22.0. The molecule has 1 aliphatic heterocycles. The minimum atomic E-state index is -0.590. The molecular formula is C37H43ClN4O4. The fourth-order valence-corrected chi connectivity index (χ4v) is 6.85. The van der Waals surface area contributed by atoms with Gasteiger partial charge in [0.1, 0.15) is 5.78 Å². The number of ketones is 1. The van der Waals surface area contributed by atoms with Crippen molar-refractivity contribution in [1.82, 2.24) is 5.32 Å². The molecule has 0 spiro atoms. The van der Waals surface area contributed by atoms with Crippen LogP contribution in [-0.2, 0) is 27.2 Å². The molecule has 2 aliphatic rings. The zero-order valence-corrected chi connectivity index (χ0v) is 27.5. The Balaban J connectivity index is 1.33. The quantitative estimate of drug-likeness (QED) is 0.190. The van der Waals surface area contributed by atoms with Gasteiger partial charge in [0.25, 0.3) is 5.91 Å². The molecule has 1 fully saturated rings. The third-order valence-corrected chi connectivity index (χ3v) is 9.52. The van der Waals surface area contributed by atoms with Gasteiger partial charge in [-0.3, -0.25) is 19.2 Å². The summed E-state index contributed by atoms with van der Waals surface area (Å²) in [6.07, 6.45) is 4.22. The first-order valence-electron chi connectivity index (χ1n) is 16.2. The molecule has 3 aromatic carbocycles. The first-order valence-corrected chi connectivity index (χ1v) is 16.5. The molecule has 3 aromatic rings. The highest BCUT2D eigenvalue weighted by atomic mass is 35.5. The molecule has 0 saturated heterocycles. The Hall–Kier alpha value is -4.01. The normalized spacial score (nSPS) is 18.1. The zero-order chi connectivity index (χ0) is 33.0. The van der Waals surface area contributed by atoms with E-state index in [2.05, 4.69) is 16.0 Å². The Kier molecular flexibility index (Phi) is 10.6. The highest BCUT2D eigenvalue weighted by molar-refractivity contribution is 6.33. The van der Waals surface area contributed by atoms with Crippen molar-refractivity contribution in [2.45, 2.75) is 71.8 Å². The molecule has 0 bridgehead atoms. The summed E-state index contributed by atoms with van der Waals surface area (Å²) in [7, 11) is 0. The summed E-state index contributed by atoms with van der Waals surface area (Å²) in [5.74, 6) is -0.573. The minimum absolute atomic E-state index is 0.0568. The Morgan fingerprint density at radius 2 is 1.72 bits per heavy atom. The van der Waals surface area contributed by atoms with Crippen LogP contribution in [0.4, 0.5) is 11.4 Å². The number of halogens is 1. The Bertz CT molecular complexity index is 1630. The van der Waals surface area contributed by atoms with Crippen LogP contribution in [-0.4, -0.2) is 36.1 Å². The largest absolute Gasteiger partial charge is 0.350 e. The second kappa shape index (κ2) is 14.6. The maximum atomic E-state index is 13.8. The Labute approximate surface area is 275 Å². The number of hydrogen-bond acceptors (Lipinski definition) is 5. The van der Waals surface area contributed by atoms with E-state index in [0.29, 0.717) is 46.4 Å². The molecule has 8 nitrogen and oxygen atoms in total. The number of hydrogen-bond donors (Lipinski definition) is 4. The van der Waals surface area contributed by atoms with Crippen LogP contribution in [0.5, 0.6) is 0 Å². The van der Waals surface area contributed by atoms with E-state index in [1.165, 1.54) is 0 Å². The molecule has 242 valence electrons. The van der Waals surface area contributed by atoms with E-state index in [-0.39, 0.29) is 48.3 Å². The molecule has 5 N–H and O–H groups in total. The van der Waals surface area contributed by atoms with Crippen molar-refractivity contribution in [3.05, 3.63) is 81.9 Å². The van der Waals surface area contributed by atoms with E-state index >= 15 is 0 Å². The zero-order valence-electron chi connectivity index (χ0n) is 26.8. The monoisotopic (exact) mass is 642 g/mol. The van der Waals surface area contributed by atoms with E-state index in [4.69, 9.17) is 17.3 Å². The van der Waals surface area contributed by atoms with Gasteiger partial charge in [0.15, 0.2) is 0 Å². The van der Waals surface area contributed by atoms with Crippen LogP contribution in [0.2, 0.25) is 5.02 Å². The van der Waals surface area contributed by atoms with E-state index in [9.17, 15) is 19.2 Å². The van der Waals surface area contributed by atoms with Gasteiger partial charge in [-0.15, -0.1) is 0 Å². The first kappa shape index (κ1) is 33.4. The summed E-state index contributed by atoms with van der Waals surface area (Å²) in [4.78, 5) is 51.6. The predicted molar refractivity (Wildman–Crippen MR) is 183 cm³/mol. The van der Waals surface area contributed by atoms with Gasteiger partial charge in [-0.1, -0.05) is 41.9 Å². The molecule has 0 unspecified atom stereocenters. The van der Waals surface area contributed by atoms with Crippen molar-refractivity contribution in [2.75, 3.05) is 17.2 Å². The van der Waals surface area contributed by atoms with Crippen molar-refractivity contribution < 1.29 is 19.2 Å². The number of Topliss-reactive ketones (excluding diaryl/α,β-unsaturated/α-hetero) is 1. The number of rotatable bonds is 11. The number of nitrogens with one attached hydrogen (secondary N) is 3. The lowest BCUT2D eigenvalue weighted by atomic mass is 9.77. The third kappa shape index (κ3) is 8.03. The van der Waals surface area contributed by atoms with Crippen LogP contribution < -0.4 is 21.7 Å². The predicted octanol–water partition coefficient (Wildman–Crippen LogP) is 6.47. The van der Waals surface area contributed by atoms with Gasteiger partial charge >= 0.3 is 0 Å². The second-order valence-corrected chi connectivity index (χ2v) is 13.5. The van der Waals surface area contributed by atoms with Crippen molar-refractivity contribution in [3.63, 3.8) is 0 Å². The summed E-state index contributed by atoms with van der Waals surface area (Å²) in [5.41, 5.74) is 12.2.